The second-order valence-corrected chi connectivity index (χ2v) is 6.70. The molecule has 0 saturated heterocycles. The molecule has 4 rings (SSSR count). The SMILES string of the molecule is O=C(COC(=O)c1cn(-c2ccccc2)nc1-c1ccc(Cl)cc1)c1ccc[nH]1. The van der Waals surface area contributed by atoms with Gasteiger partial charge in [-0.05, 0) is 36.4 Å². The van der Waals surface area contributed by atoms with E-state index < -0.39 is 5.97 Å². The molecule has 144 valence electrons. The third kappa shape index (κ3) is 4.12. The predicted octanol–water partition coefficient (Wildman–Crippen LogP) is 4.56. The van der Waals surface area contributed by atoms with Gasteiger partial charge in [0.05, 0.1) is 11.4 Å². The van der Waals surface area contributed by atoms with Gasteiger partial charge in [-0.1, -0.05) is 41.9 Å². The number of esters is 1. The molecular formula is C22H16ClN3O3. The number of halogens is 1. The molecule has 0 bridgehead atoms. The normalized spacial score (nSPS) is 10.7. The summed E-state index contributed by atoms with van der Waals surface area (Å²) in [5, 5.41) is 5.14. The van der Waals surface area contributed by atoms with Crippen LogP contribution in [0.15, 0.2) is 79.1 Å². The molecule has 0 fully saturated rings. The number of hydrogen-bond donors (Lipinski definition) is 1. The van der Waals surface area contributed by atoms with Crippen molar-refractivity contribution >= 4 is 23.4 Å². The number of aromatic nitrogens is 3. The Morgan fingerprint density at radius 1 is 1.00 bits per heavy atom. The number of rotatable bonds is 6. The predicted molar refractivity (Wildman–Crippen MR) is 109 cm³/mol. The van der Waals surface area contributed by atoms with E-state index in [4.69, 9.17) is 16.3 Å². The van der Waals surface area contributed by atoms with Gasteiger partial charge in [0, 0.05) is 23.0 Å². The highest BCUT2D eigenvalue weighted by Crippen LogP contribution is 2.26. The molecule has 0 radical (unpaired) electrons. The van der Waals surface area contributed by atoms with E-state index in [0.29, 0.717) is 22.0 Å². The number of aromatic amines is 1. The van der Waals surface area contributed by atoms with Crippen molar-refractivity contribution in [3.8, 4) is 16.9 Å². The smallest absolute Gasteiger partial charge is 0.342 e. The molecule has 0 spiro atoms. The second-order valence-electron chi connectivity index (χ2n) is 6.26. The lowest BCUT2D eigenvalue weighted by molar-refractivity contribution is 0.0474. The fourth-order valence-electron chi connectivity index (χ4n) is 2.85. The highest BCUT2D eigenvalue weighted by Gasteiger charge is 2.21. The lowest BCUT2D eigenvalue weighted by atomic mass is 10.1. The molecule has 1 N–H and O–H groups in total. The van der Waals surface area contributed by atoms with Gasteiger partial charge in [-0.25, -0.2) is 9.48 Å². The maximum Gasteiger partial charge on any atom is 0.342 e. The number of carbonyl (C=O) groups excluding carboxylic acids is 2. The number of ketones is 1. The van der Waals surface area contributed by atoms with E-state index >= 15 is 0 Å². The number of benzene rings is 2. The zero-order valence-corrected chi connectivity index (χ0v) is 16.0. The fraction of sp³-hybridized carbons (Fsp3) is 0.0455. The molecule has 0 unspecified atom stereocenters. The summed E-state index contributed by atoms with van der Waals surface area (Å²) in [5.74, 6) is -0.941. The number of nitrogens with zero attached hydrogens (tertiary/aromatic N) is 2. The zero-order chi connectivity index (χ0) is 20.2. The fourth-order valence-corrected chi connectivity index (χ4v) is 2.97. The molecule has 6 nitrogen and oxygen atoms in total. The highest BCUT2D eigenvalue weighted by molar-refractivity contribution is 6.30. The topological polar surface area (TPSA) is 77.0 Å². The van der Waals surface area contributed by atoms with Gasteiger partial charge >= 0.3 is 5.97 Å². The van der Waals surface area contributed by atoms with Crippen molar-refractivity contribution in [3.05, 3.63) is 95.4 Å². The quantitative estimate of drug-likeness (QED) is 0.377. The Hall–Kier alpha value is -3.64. The summed E-state index contributed by atoms with van der Waals surface area (Å²) in [6.07, 6.45) is 3.23. The van der Waals surface area contributed by atoms with E-state index in [1.807, 2.05) is 30.3 Å². The van der Waals surface area contributed by atoms with Gasteiger partial charge < -0.3 is 9.72 Å². The van der Waals surface area contributed by atoms with E-state index in [9.17, 15) is 9.59 Å². The summed E-state index contributed by atoms with van der Waals surface area (Å²) in [6, 6.07) is 19.8. The molecule has 2 heterocycles. The molecule has 7 heteroatoms. The molecule has 0 saturated carbocycles. The van der Waals surface area contributed by atoms with Crippen LogP contribution in [0.1, 0.15) is 20.8 Å². The third-order valence-corrected chi connectivity index (χ3v) is 4.56. The average molecular weight is 406 g/mol. The number of hydrogen-bond acceptors (Lipinski definition) is 4. The van der Waals surface area contributed by atoms with E-state index in [1.54, 1.807) is 53.5 Å². The van der Waals surface area contributed by atoms with Gasteiger partial charge in [0.25, 0.3) is 0 Å². The minimum atomic E-state index is -0.628. The second kappa shape index (κ2) is 8.16. The Labute approximate surface area is 171 Å². The maximum atomic E-state index is 12.8. The van der Waals surface area contributed by atoms with E-state index in [-0.39, 0.29) is 18.0 Å². The summed E-state index contributed by atoms with van der Waals surface area (Å²) < 4.78 is 6.87. The van der Waals surface area contributed by atoms with Gasteiger partial charge in [-0.15, -0.1) is 0 Å². The molecule has 4 aromatic rings. The number of ether oxygens (including phenoxy) is 1. The molecule has 0 amide bonds. The van der Waals surface area contributed by atoms with Gasteiger partial charge in [0.1, 0.15) is 11.3 Å². The molecule has 0 aliphatic carbocycles. The van der Waals surface area contributed by atoms with Crippen LogP contribution in [0.5, 0.6) is 0 Å². The van der Waals surface area contributed by atoms with Crippen molar-refractivity contribution in [2.75, 3.05) is 6.61 Å². The summed E-state index contributed by atoms with van der Waals surface area (Å²) in [6.45, 7) is -0.365. The van der Waals surface area contributed by atoms with Crippen LogP contribution in [0.25, 0.3) is 16.9 Å². The van der Waals surface area contributed by atoms with Crippen molar-refractivity contribution in [2.24, 2.45) is 0 Å². The highest BCUT2D eigenvalue weighted by atomic mass is 35.5. The first-order valence-electron chi connectivity index (χ1n) is 8.86. The summed E-state index contributed by atoms with van der Waals surface area (Å²) in [7, 11) is 0. The lowest BCUT2D eigenvalue weighted by Crippen LogP contribution is -2.14. The van der Waals surface area contributed by atoms with Crippen molar-refractivity contribution in [1.82, 2.24) is 14.8 Å². The Morgan fingerprint density at radius 2 is 1.76 bits per heavy atom. The first-order chi connectivity index (χ1) is 14.1. The molecule has 0 aliphatic rings. The summed E-state index contributed by atoms with van der Waals surface area (Å²) >= 11 is 5.98. The molecule has 0 atom stereocenters. The Morgan fingerprint density at radius 3 is 2.45 bits per heavy atom. The molecule has 2 aromatic carbocycles. The van der Waals surface area contributed by atoms with Crippen LogP contribution in [0.3, 0.4) is 0 Å². The van der Waals surface area contributed by atoms with Gasteiger partial charge in [0.2, 0.25) is 5.78 Å². The van der Waals surface area contributed by atoms with Gasteiger partial charge in [-0.3, -0.25) is 4.79 Å². The van der Waals surface area contributed by atoms with Gasteiger partial charge in [0.15, 0.2) is 6.61 Å². The van der Waals surface area contributed by atoms with Crippen molar-refractivity contribution in [1.29, 1.82) is 0 Å². The molecule has 0 aliphatic heterocycles. The lowest BCUT2D eigenvalue weighted by Gasteiger charge is -2.04. The Kier molecular flexibility index (Phi) is 5.27. The van der Waals surface area contributed by atoms with Crippen molar-refractivity contribution in [2.45, 2.75) is 0 Å². The molecule has 2 aromatic heterocycles. The Bertz CT molecular complexity index is 1130. The van der Waals surface area contributed by atoms with Crippen LogP contribution in [-0.2, 0) is 4.74 Å². The van der Waals surface area contributed by atoms with Crippen LogP contribution < -0.4 is 0 Å². The average Bonchev–Trinajstić information content (AvgIpc) is 3.43. The monoisotopic (exact) mass is 405 g/mol. The number of Topliss-reactive ketones (excluding diaryl/α,β-unsaturated/α-hetero) is 1. The maximum absolute atomic E-state index is 12.8. The zero-order valence-electron chi connectivity index (χ0n) is 15.2. The third-order valence-electron chi connectivity index (χ3n) is 4.31. The van der Waals surface area contributed by atoms with Crippen LogP contribution in [0.4, 0.5) is 0 Å². The van der Waals surface area contributed by atoms with E-state index in [0.717, 1.165) is 5.69 Å². The number of carbonyl (C=O) groups is 2. The minimum Gasteiger partial charge on any atom is -0.454 e. The summed E-state index contributed by atoms with van der Waals surface area (Å²) in [4.78, 5) is 27.7. The van der Waals surface area contributed by atoms with Crippen LogP contribution >= 0.6 is 11.6 Å². The first kappa shape index (κ1) is 18.7. The summed E-state index contributed by atoms with van der Waals surface area (Å²) in [5.41, 5.74) is 2.60. The number of H-pyrrole nitrogens is 1. The minimum absolute atomic E-state index is 0.260. The van der Waals surface area contributed by atoms with Crippen molar-refractivity contribution < 1.29 is 14.3 Å². The van der Waals surface area contributed by atoms with Crippen LogP contribution in [0.2, 0.25) is 5.02 Å². The standard InChI is InChI=1S/C22H16ClN3O3/c23-16-10-8-15(9-11-16)21-18(13-26(25-21)17-5-2-1-3-6-17)22(28)29-14-20(27)19-7-4-12-24-19/h1-13,24H,14H2. The van der Waals surface area contributed by atoms with Gasteiger partial charge in [-0.2, -0.15) is 5.10 Å². The van der Waals surface area contributed by atoms with E-state index in [2.05, 4.69) is 10.1 Å². The first-order valence-corrected chi connectivity index (χ1v) is 9.24. The molecule has 29 heavy (non-hydrogen) atoms. The van der Waals surface area contributed by atoms with Crippen LogP contribution in [-0.4, -0.2) is 33.1 Å². The largest absolute Gasteiger partial charge is 0.454 e. The molecular weight excluding hydrogens is 390 g/mol. The Balaban J connectivity index is 1.65. The van der Waals surface area contributed by atoms with Crippen LogP contribution in [0, 0.1) is 0 Å². The number of para-hydroxylation sites is 1. The van der Waals surface area contributed by atoms with Crippen molar-refractivity contribution in [3.63, 3.8) is 0 Å². The van der Waals surface area contributed by atoms with E-state index in [1.165, 1.54) is 0 Å². The number of nitrogens with one attached hydrogen (secondary N) is 1.